The van der Waals surface area contributed by atoms with Gasteiger partial charge in [0, 0.05) is 6.07 Å². The Balaban J connectivity index is 1.52. The molecule has 0 unspecified atom stereocenters. The maximum Gasteiger partial charge on any atom is 0.313 e. The average Bonchev–Trinajstić information content (AvgIpc) is 3.04. The lowest BCUT2D eigenvalue weighted by Gasteiger charge is -2.26. The van der Waals surface area contributed by atoms with Gasteiger partial charge < -0.3 is 25.3 Å². The molecule has 4 N–H and O–H groups in total. The molecule has 2 aromatic rings. The number of rotatable bonds is 5. The van der Waals surface area contributed by atoms with Gasteiger partial charge in [0.2, 0.25) is 5.88 Å². The third-order valence-corrected chi connectivity index (χ3v) is 3.94. The van der Waals surface area contributed by atoms with Gasteiger partial charge in [-0.1, -0.05) is 5.10 Å². The number of aromatic nitrogens is 3. The van der Waals surface area contributed by atoms with Crippen molar-refractivity contribution in [2.24, 2.45) is 5.92 Å². The molecule has 1 saturated carbocycles. The summed E-state index contributed by atoms with van der Waals surface area (Å²) in [6.45, 7) is 0. The average molecular weight is 347 g/mol. The van der Waals surface area contributed by atoms with Crippen LogP contribution in [0.4, 0.5) is 11.7 Å². The summed E-state index contributed by atoms with van der Waals surface area (Å²) in [5.41, 5.74) is 5.70. The normalized spacial score (nSPS) is 20.0. The Kier molecular flexibility index (Phi) is 4.78. The summed E-state index contributed by atoms with van der Waals surface area (Å²) in [5, 5.41) is 18.4. The van der Waals surface area contributed by atoms with Crippen molar-refractivity contribution in [2.75, 3.05) is 11.1 Å². The highest BCUT2D eigenvalue weighted by Crippen LogP contribution is 2.27. The standard InChI is InChI=1S/C15H17N5O5/c16-15-20-19-13(25-15)12(21)18-9-3-6-11(17-7-9)24-10-4-1-8(2-5-10)14(22)23/h3,6-8,10H,1-2,4-5H2,(H2,16,20)(H,18,21)(H,22,23). The minimum atomic E-state index is -0.750. The molecule has 1 aliphatic rings. The number of aliphatic carboxylic acids is 1. The van der Waals surface area contributed by atoms with Crippen LogP contribution in [0.2, 0.25) is 0 Å². The molecule has 1 aliphatic carbocycles. The molecule has 10 heteroatoms. The van der Waals surface area contributed by atoms with Gasteiger partial charge in [0.05, 0.1) is 17.8 Å². The quantitative estimate of drug-likeness (QED) is 0.726. The van der Waals surface area contributed by atoms with Gasteiger partial charge >= 0.3 is 23.8 Å². The van der Waals surface area contributed by atoms with E-state index in [-0.39, 0.29) is 23.9 Å². The molecule has 132 valence electrons. The van der Waals surface area contributed by atoms with Crippen molar-refractivity contribution in [2.45, 2.75) is 31.8 Å². The lowest BCUT2D eigenvalue weighted by molar-refractivity contribution is -0.143. The second kappa shape index (κ2) is 7.16. The predicted octanol–water partition coefficient (Wildman–Crippen LogP) is 1.32. The molecule has 1 fully saturated rings. The first-order valence-corrected chi connectivity index (χ1v) is 7.77. The van der Waals surface area contributed by atoms with Crippen molar-refractivity contribution in [3.63, 3.8) is 0 Å². The highest BCUT2D eigenvalue weighted by atomic mass is 16.5. The van der Waals surface area contributed by atoms with E-state index in [2.05, 4.69) is 20.5 Å². The maximum absolute atomic E-state index is 11.8. The number of nitrogens with two attached hydrogens (primary N) is 1. The van der Waals surface area contributed by atoms with E-state index in [9.17, 15) is 9.59 Å². The molecule has 1 amide bonds. The van der Waals surface area contributed by atoms with E-state index in [0.29, 0.717) is 37.3 Å². The second-order valence-electron chi connectivity index (χ2n) is 5.71. The summed E-state index contributed by atoms with van der Waals surface area (Å²) in [4.78, 5) is 26.9. The number of carbonyl (C=O) groups excluding carboxylic acids is 1. The van der Waals surface area contributed by atoms with Gasteiger partial charge in [0.25, 0.3) is 0 Å². The summed E-state index contributed by atoms with van der Waals surface area (Å²) in [6, 6.07) is 3.06. The SMILES string of the molecule is Nc1nnc(C(=O)Nc2ccc(OC3CCC(C(=O)O)CC3)nc2)o1. The van der Waals surface area contributed by atoms with Gasteiger partial charge in [-0.3, -0.25) is 9.59 Å². The van der Waals surface area contributed by atoms with E-state index >= 15 is 0 Å². The summed E-state index contributed by atoms with van der Waals surface area (Å²) in [5.74, 6) is -1.46. The summed E-state index contributed by atoms with van der Waals surface area (Å²) >= 11 is 0. The topological polar surface area (TPSA) is 153 Å². The number of carbonyl (C=O) groups is 2. The van der Waals surface area contributed by atoms with E-state index in [4.69, 9.17) is 20.0 Å². The molecule has 0 aliphatic heterocycles. The number of nitrogens with one attached hydrogen (secondary N) is 1. The van der Waals surface area contributed by atoms with Crippen LogP contribution in [0.15, 0.2) is 22.7 Å². The van der Waals surface area contributed by atoms with Gasteiger partial charge in [-0.25, -0.2) is 4.98 Å². The number of carboxylic acids is 1. The minimum Gasteiger partial charge on any atom is -0.481 e. The zero-order chi connectivity index (χ0) is 17.8. The molecule has 2 heterocycles. The van der Waals surface area contributed by atoms with Crippen LogP contribution in [0.5, 0.6) is 5.88 Å². The molecule has 0 atom stereocenters. The Hall–Kier alpha value is -3.17. The molecule has 0 spiro atoms. The maximum atomic E-state index is 11.8. The highest BCUT2D eigenvalue weighted by molar-refractivity contribution is 6.00. The van der Waals surface area contributed by atoms with Crippen molar-refractivity contribution >= 4 is 23.6 Å². The number of nitrogens with zero attached hydrogens (tertiary/aromatic N) is 3. The Morgan fingerprint density at radius 1 is 1.24 bits per heavy atom. The number of nitrogen functional groups attached to an aromatic ring is 1. The van der Waals surface area contributed by atoms with Crippen molar-refractivity contribution in [1.82, 2.24) is 15.2 Å². The number of hydrogen-bond acceptors (Lipinski definition) is 8. The Morgan fingerprint density at radius 2 is 2.00 bits per heavy atom. The fourth-order valence-electron chi connectivity index (χ4n) is 2.63. The largest absolute Gasteiger partial charge is 0.481 e. The molecular formula is C15H17N5O5. The summed E-state index contributed by atoms with van der Waals surface area (Å²) in [7, 11) is 0. The fourth-order valence-corrected chi connectivity index (χ4v) is 2.63. The Labute approximate surface area is 142 Å². The van der Waals surface area contributed by atoms with E-state index in [1.807, 2.05) is 0 Å². The van der Waals surface area contributed by atoms with Crippen molar-refractivity contribution < 1.29 is 23.8 Å². The van der Waals surface area contributed by atoms with Gasteiger partial charge in [-0.05, 0) is 31.7 Å². The number of hydrogen-bond donors (Lipinski definition) is 3. The second-order valence-corrected chi connectivity index (χ2v) is 5.71. The van der Waals surface area contributed by atoms with E-state index in [0.717, 1.165) is 0 Å². The molecule has 0 aromatic carbocycles. The van der Waals surface area contributed by atoms with Crippen molar-refractivity contribution in [1.29, 1.82) is 0 Å². The van der Waals surface area contributed by atoms with Crippen LogP contribution in [0.1, 0.15) is 36.4 Å². The van der Waals surface area contributed by atoms with E-state index in [1.54, 1.807) is 12.1 Å². The Morgan fingerprint density at radius 3 is 2.56 bits per heavy atom. The minimum absolute atomic E-state index is 0.0510. The van der Waals surface area contributed by atoms with Gasteiger partial charge in [0.1, 0.15) is 6.10 Å². The molecule has 0 radical (unpaired) electrons. The summed E-state index contributed by atoms with van der Waals surface area (Å²) in [6.07, 6.45) is 3.94. The van der Waals surface area contributed by atoms with Crippen LogP contribution in [0, 0.1) is 5.92 Å². The van der Waals surface area contributed by atoms with Gasteiger partial charge in [-0.15, -0.1) is 5.10 Å². The van der Waals surface area contributed by atoms with Crippen LogP contribution in [0.25, 0.3) is 0 Å². The lowest BCUT2D eigenvalue weighted by atomic mass is 9.87. The first-order chi connectivity index (χ1) is 12.0. The molecule has 3 rings (SSSR count). The van der Waals surface area contributed by atoms with Crippen LogP contribution in [0.3, 0.4) is 0 Å². The van der Waals surface area contributed by atoms with Crippen molar-refractivity contribution in [3.8, 4) is 5.88 Å². The third-order valence-electron chi connectivity index (χ3n) is 3.94. The van der Waals surface area contributed by atoms with Crippen LogP contribution in [-0.4, -0.2) is 38.3 Å². The number of ether oxygens (including phenoxy) is 1. The third kappa shape index (κ3) is 4.22. The molecule has 0 saturated heterocycles. The van der Waals surface area contributed by atoms with E-state index in [1.165, 1.54) is 6.20 Å². The van der Waals surface area contributed by atoms with Crippen LogP contribution < -0.4 is 15.8 Å². The molecule has 2 aromatic heterocycles. The van der Waals surface area contributed by atoms with E-state index < -0.39 is 11.9 Å². The van der Waals surface area contributed by atoms with Crippen LogP contribution >= 0.6 is 0 Å². The van der Waals surface area contributed by atoms with Crippen LogP contribution in [-0.2, 0) is 4.79 Å². The molecule has 0 bridgehead atoms. The summed E-state index contributed by atoms with van der Waals surface area (Å²) < 4.78 is 10.6. The zero-order valence-corrected chi connectivity index (χ0v) is 13.2. The first-order valence-electron chi connectivity index (χ1n) is 7.77. The number of pyridine rings is 1. The number of anilines is 2. The number of amides is 1. The van der Waals surface area contributed by atoms with Gasteiger partial charge in [-0.2, -0.15) is 0 Å². The molecule has 25 heavy (non-hydrogen) atoms. The Bertz CT molecular complexity index is 752. The van der Waals surface area contributed by atoms with Crippen molar-refractivity contribution in [3.05, 3.63) is 24.2 Å². The fraction of sp³-hybridized carbons (Fsp3) is 0.400. The molecular weight excluding hydrogens is 330 g/mol. The smallest absolute Gasteiger partial charge is 0.313 e. The lowest BCUT2D eigenvalue weighted by Crippen LogP contribution is -2.28. The monoisotopic (exact) mass is 347 g/mol. The zero-order valence-electron chi connectivity index (χ0n) is 13.2. The van der Waals surface area contributed by atoms with Gasteiger partial charge in [0.15, 0.2) is 0 Å². The number of carboxylic acid groups (broad SMARTS) is 1. The molecule has 10 nitrogen and oxygen atoms in total. The first kappa shape index (κ1) is 16.7. The highest BCUT2D eigenvalue weighted by Gasteiger charge is 2.27. The predicted molar refractivity (Wildman–Crippen MR) is 84.9 cm³/mol.